The molecule has 4 rings (SSSR count). The largest absolute Gasteiger partial charge is 0.463 e. The first-order chi connectivity index (χ1) is 17.0. The number of ether oxygens (including phenoxy) is 1. The zero-order valence-corrected chi connectivity index (χ0v) is 20.1. The maximum absolute atomic E-state index is 13.4. The number of aliphatic hydroxyl groups excluding tert-OH is 1. The van der Waals surface area contributed by atoms with Gasteiger partial charge in [0.1, 0.15) is 6.61 Å². The number of para-hydroxylation sites is 1. The van der Waals surface area contributed by atoms with Gasteiger partial charge in [-0.1, -0.05) is 30.4 Å². The van der Waals surface area contributed by atoms with Crippen LogP contribution in [0.1, 0.15) is 50.5 Å². The van der Waals surface area contributed by atoms with E-state index in [0.29, 0.717) is 32.2 Å². The van der Waals surface area contributed by atoms with Crippen molar-refractivity contribution in [2.45, 2.75) is 63.5 Å². The van der Waals surface area contributed by atoms with E-state index in [2.05, 4.69) is 10.3 Å². The topological polar surface area (TPSA) is 112 Å². The molecule has 3 N–H and O–H groups in total. The van der Waals surface area contributed by atoms with Crippen molar-refractivity contribution in [3.05, 3.63) is 48.2 Å². The molecule has 2 aliphatic rings. The van der Waals surface area contributed by atoms with Crippen LogP contribution in [-0.4, -0.2) is 64.6 Å². The Morgan fingerprint density at radius 3 is 2.89 bits per heavy atom. The van der Waals surface area contributed by atoms with Gasteiger partial charge in [0.25, 0.3) is 0 Å². The Morgan fingerprint density at radius 1 is 1.17 bits per heavy atom. The molecule has 8 nitrogen and oxygen atoms in total. The number of esters is 1. The molecule has 3 unspecified atom stereocenters. The van der Waals surface area contributed by atoms with Gasteiger partial charge in [-0.3, -0.25) is 14.4 Å². The summed E-state index contributed by atoms with van der Waals surface area (Å²) in [5.41, 5.74) is 2.04. The fourth-order valence-corrected chi connectivity index (χ4v) is 5.01. The van der Waals surface area contributed by atoms with Crippen LogP contribution in [0.5, 0.6) is 0 Å². The highest BCUT2D eigenvalue weighted by Crippen LogP contribution is 2.23. The van der Waals surface area contributed by atoms with Gasteiger partial charge in [0.2, 0.25) is 11.8 Å². The Hall–Kier alpha value is -3.13. The van der Waals surface area contributed by atoms with E-state index in [1.165, 1.54) is 0 Å². The van der Waals surface area contributed by atoms with Gasteiger partial charge in [-0.15, -0.1) is 0 Å². The van der Waals surface area contributed by atoms with E-state index in [1.54, 1.807) is 4.90 Å². The smallest absolute Gasteiger partial charge is 0.305 e. The van der Waals surface area contributed by atoms with Crippen molar-refractivity contribution in [2.75, 3.05) is 19.8 Å². The van der Waals surface area contributed by atoms with Crippen LogP contribution in [0.4, 0.5) is 0 Å². The van der Waals surface area contributed by atoms with Gasteiger partial charge in [-0.05, 0) is 50.2 Å². The molecule has 1 aromatic heterocycles. The number of hydrogen-bond donors (Lipinski definition) is 3. The monoisotopic (exact) mass is 481 g/mol. The number of nitrogens with one attached hydrogen (secondary N) is 2. The molecule has 3 heterocycles. The lowest BCUT2D eigenvalue weighted by molar-refractivity contribution is -0.145. The number of amides is 2. The Balaban J connectivity index is 1.51. The number of rotatable bonds is 5. The maximum Gasteiger partial charge on any atom is 0.305 e. The molecule has 0 radical (unpaired) electrons. The number of carbonyl (C=O) groups is 3. The molecule has 0 aliphatic carbocycles. The van der Waals surface area contributed by atoms with Crippen LogP contribution in [0.25, 0.3) is 10.9 Å². The number of aromatic nitrogens is 1. The highest BCUT2D eigenvalue weighted by Gasteiger charge is 2.32. The Morgan fingerprint density at radius 2 is 2.03 bits per heavy atom. The van der Waals surface area contributed by atoms with Crippen molar-refractivity contribution in [3.8, 4) is 0 Å². The van der Waals surface area contributed by atoms with Gasteiger partial charge in [-0.25, -0.2) is 0 Å². The number of aliphatic hydroxyl groups is 1. The molecule has 35 heavy (non-hydrogen) atoms. The first kappa shape index (κ1) is 25.0. The summed E-state index contributed by atoms with van der Waals surface area (Å²) in [6.07, 6.45) is 10.2. The van der Waals surface area contributed by atoms with Gasteiger partial charge in [0.15, 0.2) is 0 Å². The molecule has 3 atom stereocenters. The van der Waals surface area contributed by atoms with Crippen molar-refractivity contribution in [2.24, 2.45) is 5.92 Å². The summed E-state index contributed by atoms with van der Waals surface area (Å²) in [5.74, 6) is -1.12. The molecule has 8 heteroatoms. The molecule has 1 saturated heterocycles. The fraction of sp³-hybridized carbons (Fsp3) is 0.519. The number of fused-ring (bicyclic) bond motifs is 1. The predicted octanol–water partition coefficient (Wildman–Crippen LogP) is 2.86. The quantitative estimate of drug-likeness (QED) is 0.449. The van der Waals surface area contributed by atoms with Crippen molar-refractivity contribution < 1.29 is 24.2 Å². The Labute approximate surface area is 205 Å². The zero-order chi connectivity index (χ0) is 24.6. The van der Waals surface area contributed by atoms with E-state index in [0.717, 1.165) is 35.7 Å². The summed E-state index contributed by atoms with van der Waals surface area (Å²) < 4.78 is 5.51. The van der Waals surface area contributed by atoms with Crippen LogP contribution < -0.4 is 5.32 Å². The lowest BCUT2D eigenvalue weighted by Crippen LogP contribution is -2.45. The van der Waals surface area contributed by atoms with E-state index in [-0.39, 0.29) is 43.5 Å². The summed E-state index contributed by atoms with van der Waals surface area (Å²) in [6, 6.07) is 7.37. The van der Waals surface area contributed by atoms with Gasteiger partial charge >= 0.3 is 5.97 Å². The van der Waals surface area contributed by atoms with E-state index in [1.807, 2.05) is 42.6 Å². The average Bonchev–Trinajstić information content (AvgIpc) is 3.50. The van der Waals surface area contributed by atoms with Crippen LogP contribution in [0.3, 0.4) is 0 Å². The normalized spacial score (nSPS) is 24.4. The number of cyclic esters (lactones) is 1. The molecule has 0 saturated carbocycles. The molecule has 188 valence electrons. The van der Waals surface area contributed by atoms with Crippen molar-refractivity contribution >= 4 is 28.7 Å². The number of likely N-dealkylation sites (tertiary alicyclic amines) is 1. The molecule has 2 amide bonds. The third kappa shape index (κ3) is 6.51. The SMILES string of the molecule is O=C1CCCC=CCC(CC(=O)N2CCCC2CO)C(=O)NC(Cc2c[nH]c3ccccc23)CO1. The number of allylic oxidation sites excluding steroid dienone is 2. The molecular weight excluding hydrogens is 446 g/mol. The maximum atomic E-state index is 13.4. The van der Waals surface area contributed by atoms with Gasteiger partial charge in [-0.2, -0.15) is 0 Å². The Bertz CT molecular complexity index is 1060. The van der Waals surface area contributed by atoms with Gasteiger partial charge in [0.05, 0.1) is 24.6 Å². The zero-order valence-electron chi connectivity index (χ0n) is 20.1. The second-order valence-electron chi connectivity index (χ2n) is 9.52. The summed E-state index contributed by atoms with van der Waals surface area (Å²) >= 11 is 0. The van der Waals surface area contributed by atoms with E-state index in [9.17, 15) is 19.5 Å². The highest BCUT2D eigenvalue weighted by atomic mass is 16.5. The van der Waals surface area contributed by atoms with Crippen LogP contribution in [-0.2, 0) is 25.5 Å². The van der Waals surface area contributed by atoms with Crippen LogP contribution in [0.15, 0.2) is 42.6 Å². The summed E-state index contributed by atoms with van der Waals surface area (Å²) in [7, 11) is 0. The highest BCUT2D eigenvalue weighted by molar-refractivity contribution is 5.87. The third-order valence-electron chi connectivity index (χ3n) is 6.97. The lowest BCUT2D eigenvalue weighted by atomic mass is 9.97. The molecule has 1 fully saturated rings. The van der Waals surface area contributed by atoms with Gasteiger partial charge in [0, 0.05) is 36.5 Å². The van der Waals surface area contributed by atoms with E-state index >= 15 is 0 Å². The third-order valence-corrected chi connectivity index (χ3v) is 6.97. The summed E-state index contributed by atoms with van der Waals surface area (Å²) in [5, 5.41) is 13.7. The summed E-state index contributed by atoms with van der Waals surface area (Å²) in [4.78, 5) is 43.6. The summed E-state index contributed by atoms with van der Waals surface area (Å²) in [6.45, 7) is 0.644. The first-order valence-electron chi connectivity index (χ1n) is 12.6. The van der Waals surface area contributed by atoms with Crippen molar-refractivity contribution in [1.29, 1.82) is 0 Å². The second kappa shape index (κ2) is 12.0. The molecule has 0 spiro atoms. The molecule has 1 aromatic carbocycles. The van der Waals surface area contributed by atoms with E-state index < -0.39 is 12.0 Å². The number of hydrogen-bond acceptors (Lipinski definition) is 5. The number of aromatic amines is 1. The Kier molecular flexibility index (Phi) is 8.58. The minimum atomic E-state index is -0.527. The average molecular weight is 482 g/mol. The number of H-pyrrole nitrogens is 1. The lowest BCUT2D eigenvalue weighted by Gasteiger charge is -2.26. The first-order valence-corrected chi connectivity index (χ1v) is 12.6. The number of nitrogens with zero attached hydrogens (tertiary/aromatic N) is 1. The number of benzene rings is 1. The van der Waals surface area contributed by atoms with Crippen LogP contribution in [0, 0.1) is 5.92 Å². The molecular formula is C27H35N3O5. The second-order valence-corrected chi connectivity index (χ2v) is 9.52. The van der Waals surface area contributed by atoms with E-state index in [4.69, 9.17) is 4.74 Å². The number of carbonyl (C=O) groups excluding carboxylic acids is 3. The molecule has 2 aromatic rings. The fourth-order valence-electron chi connectivity index (χ4n) is 5.01. The van der Waals surface area contributed by atoms with Crippen LogP contribution >= 0.6 is 0 Å². The molecule has 2 aliphatic heterocycles. The van der Waals surface area contributed by atoms with Crippen molar-refractivity contribution in [1.82, 2.24) is 15.2 Å². The van der Waals surface area contributed by atoms with Crippen LogP contribution in [0.2, 0.25) is 0 Å². The standard InChI is InChI=1S/C27H35N3O5/c31-17-22-9-7-13-30(22)25(32)15-19-8-3-1-2-4-12-26(33)35-18-21(29-27(19)34)14-20-16-28-24-11-6-5-10-23(20)24/h1,3,5-6,10-11,16,19,21-22,28,31H,2,4,7-9,12-15,17-18H2,(H,29,34). The minimum absolute atomic E-state index is 0.0550. The minimum Gasteiger partial charge on any atom is -0.463 e. The van der Waals surface area contributed by atoms with Crippen molar-refractivity contribution in [3.63, 3.8) is 0 Å². The predicted molar refractivity (Wildman–Crippen MR) is 132 cm³/mol. The molecule has 0 bridgehead atoms. The van der Waals surface area contributed by atoms with Gasteiger partial charge < -0.3 is 25.0 Å².